The van der Waals surface area contributed by atoms with E-state index in [1.807, 2.05) is 0 Å². The van der Waals surface area contributed by atoms with Crippen molar-refractivity contribution in [2.24, 2.45) is 5.73 Å². The second-order valence-electron chi connectivity index (χ2n) is 5.06. The van der Waals surface area contributed by atoms with Gasteiger partial charge in [-0.2, -0.15) is 11.8 Å². The molecule has 1 fully saturated rings. The fourth-order valence-corrected chi connectivity index (χ4v) is 3.85. The summed E-state index contributed by atoms with van der Waals surface area (Å²) in [4.78, 5) is 2.57. The van der Waals surface area contributed by atoms with Gasteiger partial charge in [-0.05, 0) is 18.9 Å². The molecule has 2 nitrogen and oxygen atoms in total. The summed E-state index contributed by atoms with van der Waals surface area (Å²) in [7, 11) is 0. The van der Waals surface area contributed by atoms with Crippen molar-refractivity contribution in [3.63, 3.8) is 0 Å². The first-order valence-electron chi connectivity index (χ1n) is 6.87. The molecule has 1 heterocycles. The fraction of sp³-hybridized carbons (Fsp3) is 0.600. The minimum absolute atomic E-state index is 0.389. The predicted octanol–water partition coefficient (Wildman–Crippen LogP) is 2.82. The van der Waals surface area contributed by atoms with Crippen molar-refractivity contribution in [1.29, 1.82) is 0 Å². The molecule has 1 aromatic carbocycles. The molecular weight excluding hydrogens is 240 g/mol. The van der Waals surface area contributed by atoms with Crippen LogP contribution in [0.15, 0.2) is 24.3 Å². The standard InChI is InChI=1S/C15H24N2S/c1-3-14-11-17(7-8-18-14)15(10-16)13-6-4-5-12(2)9-13/h4-6,9,14-15H,3,7-8,10-11,16H2,1-2H3. The number of hydrogen-bond donors (Lipinski definition) is 1. The Kier molecular flexibility index (Phi) is 5.10. The molecule has 2 N–H and O–H groups in total. The van der Waals surface area contributed by atoms with Gasteiger partial charge in [-0.1, -0.05) is 36.8 Å². The topological polar surface area (TPSA) is 29.3 Å². The number of hydrogen-bond acceptors (Lipinski definition) is 3. The highest BCUT2D eigenvalue weighted by atomic mass is 32.2. The van der Waals surface area contributed by atoms with Crippen LogP contribution in [0, 0.1) is 6.92 Å². The summed E-state index contributed by atoms with van der Waals surface area (Å²) in [5.74, 6) is 1.24. The minimum Gasteiger partial charge on any atom is -0.329 e. The van der Waals surface area contributed by atoms with E-state index in [4.69, 9.17) is 5.73 Å². The van der Waals surface area contributed by atoms with Gasteiger partial charge in [-0.15, -0.1) is 0 Å². The molecule has 1 aromatic rings. The van der Waals surface area contributed by atoms with Gasteiger partial charge in [0.25, 0.3) is 0 Å². The van der Waals surface area contributed by atoms with Crippen LogP contribution in [0.4, 0.5) is 0 Å². The van der Waals surface area contributed by atoms with Gasteiger partial charge in [0.2, 0.25) is 0 Å². The van der Waals surface area contributed by atoms with Crippen molar-refractivity contribution in [3.05, 3.63) is 35.4 Å². The molecule has 1 aliphatic heterocycles. The van der Waals surface area contributed by atoms with Gasteiger partial charge in [-0.3, -0.25) is 4.90 Å². The molecule has 1 saturated heterocycles. The Bertz CT molecular complexity index is 381. The van der Waals surface area contributed by atoms with Gasteiger partial charge < -0.3 is 5.73 Å². The Balaban J connectivity index is 2.12. The highest BCUT2D eigenvalue weighted by Crippen LogP contribution is 2.28. The number of thioether (sulfide) groups is 1. The highest BCUT2D eigenvalue weighted by Gasteiger charge is 2.25. The molecule has 2 rings (SSSR count). The van der Waals surface area contributed by atoms with Crippen molar-refractivity contribution in [3.8, 4) is 0 Å². The van der Waals surface area contributed by atoms with Gasteiger partial charge in [0.1, 0.15) is 0 Å². The van der Waals surface area contributed by atoms with Crippen LogP contribution in [-0.4, -0.2) is 35.5 Å². The molecule has 18 heavy (non-hydrogen) atoms. The monoisotopic (exact) mass is 264 g/mol. The Morgan fingerprint density at radius 2 is 2.33 bits per heavy atom. The SMILES string of the molecule is CCC1CN(C(CN)c2cccc(C)c2)CCS1. The summed E-state index contributed by atoms with van der Waals surface area (Å²) in [6, 6.07) is 9.18. The second kappa shape index (κ2) is 6.60. The Morgan fingerprint density at radius 3 is 3.00 bits per heavy atom. The van der Waals surface area contributed by atoms with E-state index in [0.717, 1.165) is 11.8 Å². The molecule has 0 spiro atoms. The van der Waals surface area contributed by atoms with Crippen molar-refractivity contribution in [2.75, 3.05) is 25.4 Å². The quantitative estimate of drug-likeness (QED) is 0.907. The third-order valence-electron chi connectivity index (χ3n) is 3.72. The first-order valence-corrected chi connectivity index (χ1v) is 7.91. The molecule has 0 bridgehead atoms. The molecule has 0 aromatic heterocycles. The van der Waals surface area contributed by atoms with E-state index in [9.17, 15) is 0 Å². The van der Waals surface area contributed by atoms with Crippen molar-refractivity contribution < 1.29 is 0 Å². The fourth-order valence-electron chi connectivity index (χ4n) is 2.65. The molecule has 0 radical (unpaired) electrons. The zero-order chi connectivity index (χ0) is 13.0. The molecule has 3 heteroatoms. The summed E-state index contributed by atoms with van der Waals surface area (Å²) in [6.45, 7) is 7.49. The third kappa shape index (κ3) is 3.28. The summed E-state index contributed by atoms with van der Waals surface area (Å²) in [5, 5.41) is 0.776. The van der Waals surface area contributed by atoms with E-state index < -0.39 is 0 Å². The maximum atomic E-state index is 6.02. The number of aryl methyl sites for hydroxylation is 1. The average molecular weight is 264 g/mol. The first kappa shape index (κ1) is 13.9. The van der Waals surface area contributed by atoms with Crippen LogP contribution in [0.1, 0.15) is 30.5 Å². The first-order chi connectivity index (χ1) is 8.74. The van der Waals surface area contributed by atoms with Crippen LogP contribution in [0.25, 0.3) is 0 Å². The van der Waals surface area contributed by atoms with Crippen LogP contribution in [-0.2, 0) is 0 Å². The molecule has 100 valence electrons. The lowest BCUT2D eigenvalue weighted by atomic mass is 10.0. The Hall–Kier alpha value is -0.510. The van der Waals surface area contributed by atoms with Gasteiger partial charge in [0.05, 0.1) is 0 Å². The Labute approximate surface area is 115 Å². The van der Waals surface area contributed by atoms with Crippen LogP contribution in [0.3, 0.4) is 0 Å². The summed E-state index contributed by atoms with van der Waals surface area (Å²) in [6.07, 6.45) is 1.26. The average Bonchev–Trinajstić information content (AvgIpc) is 2.40. The maximum Gasteiger partial charge on any atom is 0.0471 e. The molecule has 2 unspecified atom stereocenters. The lowest BCUT2D eigenvalue weighted by Crippen LogP contribution is -2.42. The molecule has 0 aliphatic carbocycles. The molecule has 1 aliphatic rings. The number of rotatable bonds is 4. The van der Waals surface area contributed by atoms with Gasteiger partial charge in [0.15, 0.2) is 0 Å². The van der Waals surface area contributed by atoms with E-state index in [2.05, 4.69) is 54.8 Å². The van der Waals surface area contributed by atoms with E-state index in [0.29, 0.717) is 12.6 Å². The van der Waals surface area contributed by atoms with Crippen molar-refractivity contribution in [1.82, 2.24) is 4.90 Å². The van der Waals surface area contributed by atoms with E-state index >= 15 is 0 Å². The van der Waals surface area contributed by atoms with Crippen LogP contribution in [0.2, 0.25) is 0 Å². The van der Waals surface area contributed by atoms with Crippen molar-refractivity contribution in [2.45, 2.75) is 31.6 Å². The second-order valence-corrected chi connectivity index (χ2v) is 6.47. The summed E-state index contributed by atoms with van der Waals surface area (Å²) >= 11 is 2.11. The molecule has 0 amide bonds. The number of nitrogens with two attached hydrogens (primary N) is 1. The van der Waals surface area contributed by atoms with Gasteiger partial charge >= 0.3 is 0 Å². The minimum atomic E-state index is 0.389. The summed E-state index contributed by atoms with van der Waals surface area (Å²) < 4.78 is 0. The van der Waals surface area contributed by atoms with Gasteiger partial charge in [-0.25, -0.2) is 0 Å². The normalized spacial score (nSPS) is 22.9. The van der Waals surface area contributed by atoms with Crippen LogP contribution >= 0.6 is 11.8 Å². The van der Waals surface area contributed by atoms with Crippen molar-refractivity contribution >= 4 is 11.8 Å². The van der Waals surface area contributed by atoms with E-state index in [1.54, 1.807) is 0 Å². The Morgan fingerprint density at radius 1 is 1.50 bits per heavy atom. The smallest absolute Gasteiger partial charge is 0.0471 e. The maximum absolute atomic E-state index is 6.02. The zero-order valence-electron chi connectivity index (χ0n) is 11.4. The molecule has 2 atom stereocenters. The largest absolute Gasteiger partial charge is 0.329 e. The van der Waals surface area contributed by atoms with E-state index in [-0.39, 0.29) is 0 Å². The van der Waals surface area contributed by atoms with Crippen LogP contribution in [0.5, 0.6) is 0 Å². The highest BCUT2D eigenvalue weighted by molar-refractivity contribution is 8.00. The lowest BCUT2D eigenvalue weighted by Gasteiger charge is -2.37. The van der Waals surface area contributed by atoms with Crippen LogP contribution < -0.4 is 5.73 Å². The predicted molar refractivity (Wildman–Crippen MR) is 81.1 cm³/mol. The number of benzene rings is 1. The zero-order valence-corrected chi connectivity index (χ0v) is 12.2. The molecule has 0 saturated carbocycles. The lowest BCUT2D eigenvalue weighted by molar-refractivity contribution is 0.207. The summed E-state index contributed by atoms with van der Waals surface area (Å²) in [5.41, 5.74) is 8.72. The molecular formula is C15H24N2S. The third-order valence-corrected chi connectivity index (χ3v) is 5.09. The number of nitrogens with zero attached hydrogens (tertiary/aromatic N) is 1. The van der Waals surface area contributed by atoms with Gasteiger partial charge in [0, 0.05) is 36.7 Å². The van der Waals surface area contributed by atoms with E-state index in [1.165, 1.54) is 29.8 Å².